The molecule has 0 aliphatic rings. The predicted octanol–water partition coefficient (Wildman–Crippen LogP) is 8.53. The van der Waals surface area contributed by atoms with Crippen molar-refractivity contribution in [2.45, 2.75) is 101 Å². The summed E-state index contributed by atoms with van der Waals surface area (Å²) < 4.78 is 78.8. The third-order valence-electron chi connectivity index (χ3n) is 7.88. The van der Waals surface area contributed by atoms with Crippen LogP contribution in [0.4, 0.5) is 0 Å². The number of benzene rings is 4. The maximum absolute atomic E-state index is 12.5. The molecule has 51 heavy (non-hydrogen) atoms. The summed E-state index contributed by atoms with van der Waals surface area (Å²) in [5.74, 6) is -0.723. The van der Waals surface area contributed by atoms with Crippen LogP contribution < -0.4 is 14.6 Å². The van der Waals surface area contributed by atoms with E-state index in [1.54, 1.807) is 60.7 Å². The first-order valence-electron chi connectivity index (χ1n) is 16.9. The molecular formula is C38H46CaO10S2. The smallest absolute Gasteiger partial charge is 0.869 e. The van der Waals surface area contributed by atoms with Gasteiger partial charge in [0.15, 0.2) is 11.5 Å². The van der Waals surface area contributed by atoms with Gasteiger partial charge < -0.3 is 24.2 Å². The topological polar surface area (TPSA) is 173 Å². The molecule has 0 aromatic heterocycles. The first-order valence-corrected chi connectivity index (χ1v) is 19.8. The van der Waals surface area contributed by atoms with Crippen molar-refractivity contribution in [2.75, 3.05) is 0 Å². The van der Waals surface area contributed by atoms with Crippen LogP contribution in [0.15, 0.2) is 94.7 Å². The van der Waals surface area contributed by atoms with E-state index in [1.807, 2.05) is 6.07 Å². The molecule has 0 unspecified atom stereocenters. The van der Waals surface area contributed by atoms with Gasteiger partial charge in [-0.1, -0.05) is 114 Å². The van der Waals surface area contributed by atoms with Gasteiger partial charge in [-0.05, 0) is 79.0 Å². The number of phenols is 1. The molecule has 10 nitrogen and oxygen atoms in total. The standard InChI is InChI=1S/2C19H24O5S.Ca/c2*1-2-3-4-5-7-10-15-13-14-17(18(20)19(15)25(21,22)23)24-16-11-8-6-9-12-16;/h2*6,8-9,11-14,20H,2-5,7,10H2,1H3,(H,21,22,23);/q;;+2/p-2. The molecule has 0 heterocycles. The van der Waals surface area contributed by atoms with E-state index in [2.05, 4.69) is 13.8 Å². The van der Waals surface area contributed by atoms with Gasteiger partial charge in [0.1, 0.15) is 32.3 Å². The van der Waals surface area contributed by atoms with Crippen LogP contribution in [0, 0.1) is 0 Å². The number of aromatic hydroxyl groups is 1. The molecule has 4 rings (SSSR count). The summed E-state index contributed by atoms with van der Waals surface area (Å²) in [5, 5.41) is 22.8. The van der Waals surface area contributed by atoms with Crippen molar-refractivity contribution >= 4 is 58.0 Å². The average molecular weight is 767 g/mol. The van der Waals surface area contributed by atoms with Crippen molar-refractivity contribution in [1.82, 2.24) is 0 Å². The molecule has 0 saturated carbocycles. The minimum Gasteiger partial charge on any atom is -0.869 e. The molecule has 0 fully saturated rings. The fourth-order valence-electron chi connectivity index (χ4n) is 5.37. The van der Waals surface area contributed by atoms with Crippen LogP contribution in [0.5, 0.6) is 34.5 Å². The fraction of sp³-hybridized carbons (Fsp3) is 0.368. The zero-order valence-electron chi connectivity index (χ0n) is 29.3. The zero-order chi connectivity index (χ0) is 36.6. The first-order chi connectivity index (χ1) is 23.9. The second kappa shape index (κ2) is 22.3. The minimum atomic E-state index is -4.87. The summed E-state index contributed by atoms with van der Waals surface area (Å²) in [5.41, 5.74) is 0.675. The van der Waals surface area contributed by atoms with E-state index in [0.717, 1.165) is 64.2 Å². The number of ether oxygens (including phenoxy) is 2. The minimum absolute atomic E-state index is 0. The van der Waals surface area contributed by atoms with Crippen molar-refractivity contribution < 1.29 is 45.6 Å². The molecule has 0 atom stereocenters. The predicted molar refractivity (Wildman–Crippen MR) is 195 cm³/mol. The van der Waals surface area contributed by atoms with Gasteiger partial charge in [-0.3, -0.25) is 4.55 Å². The summed E-state index contributed by atoms with van der Waals surface area (Å²) in [6, 6.07) is 23.3. The first kappa shape index (κ1) is 44.3. The number of hydrogen-bond acceptors (Lipinski definition) is 9. The Balaban J connectivity index is 0.000000347. The zero-order valence-corrected chi connectivity index (χ0v) is 33.1. The van der Waals surface area contributed by atoms with Gasteiger partial charge in [0, 0.05) is 0 Å². The van der Waals surface area contributed by atoms with E-state index in [-0.39, 0.29) is 54.8 Å². The van der Waals surface area contributed by atoms with Crippen LogP contribution in [0.3, 0.4) is 0 Å². The Bertz CT molecular complexity index is 1710. The molecule has 272 valence electrons. The van der Waals surface area contributed by atoms with Crippen LogP contribution in [-0.4, -0.2) is 68.8 Å². The Hall–Kier alpha value is -2.84. The Kier molecular flexibility index (Phi) is 19.4. The number of phenolic OH excluding ortho intramolecular Hbond substituents is 1. The average Bonchev–Trinajstić information content (AvgIpc) is 3.07. The van der Waals surface area contributed by atoms with Crippen LogP contribution in [0.25, 0.3) is 0 Å². The SMILES string of the molecule is CCCCCCCc1ccc(Oc2ccccc2)c(O)c1S(=O)(=O)O.CCCCCCCc1ccc(Oc2ccccc2)c([O-])c1S(=O)(=O)[O-].[Ca+2]. The van der Waals surface area contributed by atoms with E-state index in [4.69, 9.17) is 9.47 Å². The summed E-state index contributed by atoms with van der Waals surface area (Å²) >= 11 is 0. The molecule has 0 radical (unpaired) electrons. The van der Waals surface area contributed by atoms with E-state index in [0.29, 0.717) is 29.9 Å². The Morgan fingerprint density at radius 3 is 1.43 bits per heavy atom. The van der Waals surface area contributed by atoms with Crippen molar-refractivity contribution in [3.05, 3.63) is 96.1 Å². The van der Waals surface area contributed by atoms with Crippen LogP contribution in [0.2, 0.25) is 0 Å². The monoisotopic (exact) mass is 766 g/mol. The van der Waals surface area contributed by atoms with Gasteiger partial charge in [-0.25, -0.2) is 8.42 Å². The number of hydrogen-bond donors (Lipinski definition) is 2. The van der Waals surface area contributed by atoms with Crippen molar-refractivity contribution in [3.8, 4) is 34.5 Å². The number of rotatable bonds is 18. The van der Waals surface area contributed by atoms with E-state index < -0.39 is 41.5 Å². The molecule has 4 aromatic rings. The van der Waals surface area contributed by atoms with Gasteiger partial charge in [0.05, 0.1) is 4.90 Å². The Morgan fingerprint density at radius 2 is 1.00 bits per heavy atom. The molecule has 0 saturated heterocycles. The Morgan fingerprint density at radius 1 is 0.588 bits per heavy atom. The maximum Gasteiger partial charge on any atom is 2.00 e. The van der Waals surface area contributed by atoms with Crippen molar-refractivity contribution in [3.63, 3.8) is 0 Å². The van der Waals surface area contributed by atoms with E-state index >= 15 is 0 Å². The molecule has 13 heteroatoms. The van der Waals surface area contributed by atoms with Crippen LogP contribution >= 0.6 is 0 Å². The normalized spacial score (nSPS) is 11.2. The summed E-state index contributed by atoms with van der Waals surface area (Å²) in [6.45, 7) is 4.23. The molecular weight excluding hydrogens is 721 g/mol. The summed E-state index contributed by atoms with van der Waals surface area (Å²) in [6.07, 6.45) is 10.9. The van der Waals surface area contributed by atoms with E-state index in [9.17, 15) is 36.2 Å². The summed E-state index contributed by atoms with van der Waals surface area (Å²) in [7, 11) is -9.43. The van der Waals surface area contributed by atoms with Gasteiger partial charge in [0.25, 0.3) is 10.1 Å². The van der Waals surface area contributed by atoms with Gasteiger partial charge in [-0.15, -0.1) is 0 Å². The molecule has 0 aliphatic carbocycles. The molecule has 2 N–H and O–H groups in total. The molecule has 0 bridgehead atoms. The number of unbranched alkanes of at least 4 members (excludes halogenated alkanes) is 8. The molecule has 0 aliphatic heterocycles. The fourth-order valence-corrected chi connectivity index (χ4v) is 7.03. The van der Waals surface area contributed by atoms with Gasteiger partial charge >= 0.3 is 37.7 Å². The van der Waals surface area contributed by atoms with Gasteiger partial charge in [0.2, 0.25) is 0 Å². The van der Waals surface area contributed by atoms with Crippen LogP contribution in [0.1, 0.15) is 89.2 Å². The second-order valence-corrected chi connectivity index (χ2v) is 14.5. The maximum atomic E-state index is 12.5. The second-order valence-electron chi connectivity index (χ2n) is 11.9. The van der Waals surface area contributed by atoms with Gasteiger partial charge in [-0.2, -0.15) is 8.42 Å². The molecule has 0 amide bonds. The number of aryl methyl sites for hydroxylation is 2. The number of para-hydroxylation sites is 2. The Labute approximate surface area is 332 Å². The van der Waals surface area contributed by atoms with Crippen LogP contribution in [-0.2, 0) is 33.1 Å². The van der Waals surface area contributed by atoms with Crippen molar-refractivity contribution in [1.29, 1.82) is 0 Å². The third-order valence-corrected chi connectivity index (χ3v) is 9.80. The molecule has 4 aromatic carbocycles. The molecule has 0 spiro atoms. The third kappa shape index (κ3) is 14.6. The largest absolute Gasteiger partial charge is 2.00 e. The summed E-state index contributed by atoms with van der Waals surface area (Å²) in [4.78, 5) is -1.15. The quantitative estimate of drug-likeness (QED) is 0.0568. The van der Waals surface area contributed by atoms with Crippen molar-refractivity contribution in [2.24, 2.45) is 0 Å². The van der Waals surface area contributed by atoms with E-state index in [1.165, 1.54) is 18.2 Å².